The van der Waals surface area contributed by atoms with Crippen LogP contribution in [0.1, 0.15) is 46.0 Å². The number of hydrogen-bond acceptors (Lipinski definition) is 1. The van der Waals surface area contributed by atoms with Crippen LogP contribution in [0.2, 0.25) is 0 Å². The van der Waals surface area contributed by atoms with Gasteiger partial charge in [-0.15, -0.1) is 6.58 Å². The highest BCUT2D eigenvalue weighted by molar-refractivity contribution is 5.93. The van der Waals surface area contributed by atoms with Gasteiger partial charge in [-0.3, -0.25) is 4.79 Å². The van der Waals surface area contributed by atoms with E-state index in [-0.39, 0.29) is 5.92 Å². The molecule has 0 radical (unpaired) electrons. The van der Waals surface area contributed by atoms with E-state index < -0.39 is 0 Å². The summed E-state index contributed by atoms with van der Waals surface area (Å²) in [4.78, 5) is 11.8. The molecule has 84 valence electrons. The number of hydrogen-bond donors (Lipinski definition) is 0. The van der Waals surface area contributed by atoms with Crippen LogP contribution in [-0.4, -0.2) is 5.78 Å². The molecule has 0 aromatic carbocycles. The zero-order valence-electron chi connectivity index (χ0n) is 9.96. The minimum absolute atomic E-state index is 0.276. The molecule has 0 aromatic heterocycles. The lowest BCUT2D eigenvalue weighted by Gasteiger charge is -2.25. The first-order chi connectivity index (χ1) is 7.15. The molecule has 1 rings (SSSR count). The molecule has 1 aliphatic carbocycles. The van der Waals surface area contributed by atoms with Gasteiger partial charge in [0.1, 0.15) is 0 Å². The van der Waals surface area contributed by atoms with Gasteiger partial charge in [0.15, 0.2) is 5.78 Å². The van der Waals surface area contributed by atoms with Crippen molar-refractivity contribution in [1.82, 2.24) is 0 Å². The van der Waals surface area contributed by atoms with Gasteiger partial charge in [-0.1, -0.05) is 18.6 Å². The van der Waals surface area contributed by atoms with Gasteiger partial charge in [0.2, 0.25) is 0 Å². The Morgan fingerprint density at radius 2 is 2.40 bits per heavy atom. The molecule has 1 aliphatic rings. The maximum Gasteiger partial charge on any atom is 0.158 e. The Bertz CT molecular complexity index is 263. The van der Waals surface area contributed by atoms with Crippen molar-refractivity contribution in [3.8, 4) is 0 Å². The van der Waals surface area contributed by atoms with Crippen molar-refractivity contribution in [3.05, 3.63) is 24.3 Å². The summed E-state index contributed by atoms with van der Waals surface area (Å²) in [6, 6.07) is 0. The fourth-order valence-corrected chi connectivity index (χ4v) is 2.30. The highest BCUT2D eigenvalue weighted by Gasteiger charge is 2.25. The predicted molar refractivity (Wildman–Crippen MR) is 64.7 cm³/mol. The summed E-state index contributed by atoms with van der Waals surface area (Å²) in [5.41, 5.74) is 1.24. The van der Waals surface area contributed by atoms with Gasteiger partial charge < -0.3 is 0 Å². The molecule has 0 unspecified atom stereocenters. The Morgan fingerprint density at radius 1 is 1.67 bits per heavy atom. The quantitative estimate of drug-likeness (QED) is 0.492. The van der Waals surface area contributed by atoms with Crippen molar-refractivity contribution in [1.29, 1.82) is 0 Å². The van der Waals surface area contributed by atoms with Crippen molar-refractivity contribution in [2.24, 2.45) is 11.8 Å². The third kappa shape index (κ3) is 3.65. The molecule has 0 spiro atoms. The van der Waals surface area contributed by atoms with E-state index in [0.29, 0.717) is 11.7 Å². The van der Waals surface area contributed by atoms with Crippen LogP contribution in [0.3, 0.4) is 0 Å². The molecule has 0 fully saturated rings. The van der Waals surface area contributed by atoms with Crippen molar-refractivity contribution in [2.75, 3.05) is 0 Å². The van der Waals surface area contributed by atoms with Gasteiger partial charge in [-0.2, -0.15) is 0 Å². The highest BCUT2D eigenvalue weighted by Crippen LogP contribution is 2.29. The number of carbonyl (C=O) groups is 1. The predicted octanol–water partition coefficient (Wildman–Crippen LogP) is 3.90. The van der Waals surface area contributed by atoms with Crippen LogP contribution < -0.4 is 0 Å². The van der Waals surface area contributed by atoms with E-state index in [1.165, 1.54) is 5.57 Å². The van der Waals surface area contributed by atoms with Crippen LogP contribution in [0.25, 0.3) is 0 Å². The summed E-state index contributed by atoms with van der Waals surface area (Å²) in [5.74, 6) is 1.16. The smallest absolute Gasteiger partial charge is 0.158 e. The third-order valence-corrected chi connectivity index (χ3v) is 3.36. The average Bonchev–Trinajstić information content (AvgIpc) is 2.17. The lowest BCUT2D eigenvalue weighted by atomic mass is 9.79. The Morgan fingerprint density at radius 3 is 3.00 bits per heavy atom. The van der Waals surface area contributed by atoms with Crippen LogP contribution in [0.15, 0.2) is 24.3 Å². The van der Waals surface area contributed by atoms with Gasteiger partial charge in [0.25, 0.3) is 0 Å². The fourth-order valence-electron chi connectivity index (χ4n) is 2.30. The van der Waals surface area contributed by atoms with E-state index in [0.717, 1.165) is 32.1 Å². The van der Waals surface area contributed by atoms with Crippen LogP contribution in [-0.2, 0) is 4.79 Å². The van der Waals surface area contributed by atoms with Gasteiger partial charge in [-0.25, -0.2) is 0 Å². The molecular weight excluding hydrogens is 184 g/mol. The molecule has 0 saturated heterocycles. The second-order valence-electron chi connectivity index (χ2n) is 4.74. The minimum Gasteiger partial charge on any atom is -0.295 e. The highest BCUT2D eigenvalue weighted by atomic mass is 16.1. The maximum absolute atomic E-state index is 11.8. The third-order valence-electron chi connectivity index (χ3n) is 3.36. The van der Waals surface area contributed by atoms with E-state index in [9.17, 15) is 4.79 Å². The van der Waals surface area contributed by atoms with Crippen LogP contribution >= 0.6 is 0 Å². The van der Waals surface area contributed by atoms with E-state index in [1.54, 1.807) is 0 Å². The summed E-state index contributed by atoms with van der Waals surface area (Å²) in [5, 5.41) is 0. The standard InChI is InChI=1S/C14H22O/c1-4-5-6-7-12(3)13-9-8-11(2)10-14(13)15/h4,10,12-13H,1,5-9H2,2-3H3/t12-,13+/m1/s1. The van der Waals surface area contributed by atoms with E-state index in [1.807, 2.05) is 12.2 Å². The summed E-state index contributed by atoms with van der Waals surface area (Å²) >= 11 is 0. The largest absolute Gasteiger partial charge is 0.295 e. The fraction of sp³-hybridized carbons (Fsp3) is 0.643. The maximum atomic E-state index is 11.8. The van der Waals surface area contributed by atoms with Crippen molar-refractivity contribution < 1.29 is 4.79 Å². The zero-order chi connectivity index (χ0) is 11.3. The SMILES string of the molecule is C=CCCC[C@@H](C)[C@@H]1CCC(C)=CC1=O. The lowest BCUT2D eigenvalue weighted by Crippen LogP contribution is -2.23. The minimum atomic E-state index is 0.276. The molecule has 2 atom stereocenters. The lowest BCUT2D eigenvalue weighted by molar-refractivity contribution is -0.120. The Balaban J connectivity index is 2.43. The monoisotopic (exact) mass is 206 g/mol. The van der Waals surface area contributed by atoms with Crippen molar-refractivity contribution >= 4 is 5.78 Å². The molecular formula is C14H22O. The van der Waals surface area contributed by atoms with Crippen molar-refractivity contribution in [2.45, 2.75) is 46.0 Å². The van der Waals surface area contributed by atoms with Gasteiger partial charge in [0, 0.05) is 5.92 Å². The number of unbranched alkanes of at least 4 members (excludes halogenated alkanes) is 1. The average molecular weight is 206 g/mol. The first kappa shape index (κ1) is 12.2. The molecule has 15 heavy (non-hydrogen) atoms. The number of rotatable bonds is 5. The summed E-state index contributed by atoms with van der Waals surface area (Å²) in [7, 11) is 0. The molecule has 0 saturated carbocycles. The molecule has 1 nitrogen and oxygen atoms in total. The summed E-state index contributed by atoms with van der Waals surface area (Å²) in [6.07, 6.45) is 9.34. The van der Waals surface area contributed by atoms with E-state index in [4.69, 9.17) is 0 Å². The molecule has 1 heteroatoms. The first-order valence-electron chi connectivity index (χ1n) is 5.97. The molecule has 0 aliphatic heterocycles. The van der Waals surface area contributed by atoms with Gasteiger partial charge in [0.05, 0.1) is 0 Å². The molecule has 0 amide bonds. The molecule has 0 aromatic rings. The first-order valence-corrected chi connectivity index (χ1v) is 5.97. The number of allylic oxidation sites excluding steroid dienone is 3. The van der Waals surface area contributed by atoms with E-state index in [2.05, 4.69) is 20.4 Å². The summed E-state index contributed by atoms with van der Waals surface area (Å²) in [6.45, 7) is 7.98. The molecule has 0 N–H and O–H groups in total. The second kappa shape index (κ2) is 5.89. The Hall–Kier alpha value is -0.850. The molecule has 0 bridgehead atoms. The van der Waals surface area contributed by atoms with Crippen LogP contribution in [0.4, 0.5) is 0 Å². The zero-order valence-corrected chi connectivity index (χ0v) is 9.96. The summed E-state index contributed by atoms with van der Waals surface area (Å²) < 4.78 is 0. The van der Waals surface area contributed by atoms with Crippen LogP contribution in [0, 0.1) is 11.8 Å². The van der Waals surface area contributed by atoms with Crippen LogP contribution in [0.5, 0.6) is 0 Å². The second-order valence-corrected chi connectivity index (χ2v) is 4.74. The Labute approximate surface area is 93.3 Å². The number of ketones is 1. The topological polar surface area (TPSA) is 17.1 Å². The van der Waals surface area contributed by atoms with Gasteiger partial charge in [-0.05, 0) is 51.0 Å². The Kier molecular flexibility index (Phi) is 4.80. The van der Waals surface area contributed by atoms with Gasteiger partial charge >= 0.3 is 0 Å². The number of carbonyl (C=O) groups excluding carboxylic acids is 1. The molecule has 0 heterocycles. The van der Waals surface area contributed by atoms with Crippen molar-refractivity contribution in [3.63, 3.8) is 0 Å². The normalized spacial score (nSPS) is 23.5. The van der Waals surface area contributed by atoms with E-state index >= 15 is 0 Å².